The summed E-state index contributed by atoms with van der Waals surface area (Å²) in [5.41, 5.74) is 2.84. The van der Waals surface area contributed by atoms with Gasteiger partial charge in [-0.1, -0.05) is 42.5 Å². The van der Waals surface area contributed by atoms with Gasteiger partial charge in [0.05, 0.1) is 24.6 Å². The highest BCUT2D eigenvalue weighted by Gasteiger charge is 2.19. The first kappa shape index (κ1) is 27.5. The van der Waals surface area contributed by atoms with Crippen molar-refractivity contribution in [3.05, 3.63) is 101 Å². The number of hydrogen-bond donors (Lipinski definition) is 1. The summed E-state index contributed by atoms with van der Waals surface area (Å²) in [7, 11) is 1.68. The van der Waals surface area contributed by atoms with Crippen LogP contribution in [0.1, 0.15) is 17.8 Å². The fourth-order valence-corrected chi connectivity index (χ4v) is 5.57. The molecule has 5 aromatic rings. The lowest BCUT2D eigenvalue weighted by atomic mass is 10.2. The molecule has 216 valence electrons. The Labute approximate surface area is 244 Å². The van der Waals surface area contributed by atoms with Crippen molar-refractivity contribution in [2.24, 2.45) is 0 Å². The summed E-state index contributed by atoms with van der Waals surface area (Å²) in [6.45, 7) is 5.60. The number of nitrogens with one attached hydrogen (secondary N) is 1. The first-order valence-corrected chi connectivity index (χ1v) is 14.4. The molecule has 3 aromatic carbocycles. The molecule has 0 atom stereocenters. The maximum absolute atomic E-state index is 13.4. The predicted molar refractivity (Wildman–Crippen MR) is 163 cm³/mol. The van der Waals surface area contributed by atoms with Gasteiger partial charge in [-0.05, 0) is 42.0 Å². The molecule has 1 amide bonds. The molecule has 6 rings (SSSR count). The third kappa shape index (κ3) is 5.84. The van der Waals surface area contributed by atoms with E-state index in [4.69, 9.17) is 4.74 Å². The zero-order valence-corrected chi connectivity index (χ0v) is 23.8. The number of methoxy groups -OCH3 is 1. The Balaban J connectivity index is 1.05. The summed E-state index contributed by atoms with van der Waals surface area (Å²) >= 11 is 0. The largest absolute Gasteiger partial charge is 0.497 e. The van der Waals surface area contributed by atoms with Crippen molar-refractivity contribution in [2.45, 2.75) is 19.4 Å². The van der Waals surface area contributed by atoms with Gasteiger partial charge < -0.3 is 15.0 Å². The minimum absolute atomic E-state index is 0.0227. The predicted octanol–water partition coefficient (Wildman–Crippen LogP) is 2.97. The highest BCUT2D eigenvalue weighted by Crippen LogP contribution is 2.20. The molecule has 1 saturated heterocycles. The number of amides is 1. The van der Waals surface area contributed by atoms with Crippen molar-refractivity contribution in [3.8, 4) is 5.75 Å². The Hall–Kier alpha value is -4.70. The van der Waals surface area contributed by atoms with E-state index in [-0.39, 0.29) is 17.9 Å². The maximum Gasteiger partial charge on any atom is 0.263 e. The van der Waals surface area contributed by atoms with Crippen LogP contribution in [0.4, 0.5) is 5.69 Å². The number of anilines is 1. The third-order valence-electron chi connectivity index (χ3n) is 7.89. The summed E-state index contributed by atoms with van der Waals surface area (Å²) in [5, 5.41) is 12.5. The van der Waals surface area contributed by atoms with Crippen LogP contribution in [-0.2, 0) is 17.8 Å². The molecule has 0 bridgehead atoms. The van der Waals surface area contributed by atoms with E-state index in [0.29, 0.717) is 36.5 Å². The van der Waals surface area contributed by atoms with Crippen molar-refractivity contribution >= 4 is 28.3 Å². The monoisotopic (exact) mass is 565 g/mol. The average molecular weight is 566 g/mol. The van der Waals surface area contributed by atoms with Crippen LogP contribution in [0.2, 0.25) is 0 Å². The molecule has 2 aromatic heterocycles. The fourth-order valence-electron chi connectivity index (χ4n) is 5.57. The number of carbonyl (C=O) groups is 1. The molecule has 0 spiro atoms. The van der Waals surface area contributed by atoms with E-state index in [2.05, 4.69) is 37.4 Å². The van der Waals surface area contributed by atoms with Crippen LogP contribution < -0.4 is 20.5 Å². The molecule has 3 heterocycles. The Morgan fingerprint density at radius 2 is 1.64 bits per heavy atom. The van der Waals surface area contributed by atoms with Crippen LogP contribution in [0.15, 0.2) is 83.7 Å². The lowest BCUT2D eigenvalue weighted by Crippen LogP contribution is -2.48. The van der Waals surface area contributed by atoms with Crippen molar-refractivity contribution in [3.63, 3.8) is 0 Å². The molecule has 10 heteroatoms. The number of para-hydroxylation sites is 1. The standard InChI is InChI=1S/C32H35N7O3/c1-42-26-13-11-25(12-14-26)37-21-19-36(20-22-37)18-17-33-30(40)16-15-29-34-35-32-38(23-24-7-3-2-4-8-24)31(41)27-9-5-6-10-28(27)39(29)32/h2-14H,15-23H2,1H3,(H,33,40). The number of ether oxygens (including phenoxy) is 1. The van der Waals surface area contributed by atoms with Crippen LogP contribution in [0.5, 0.6) is 5.75 Å². The second-order valence-corrected chi connectivity index (χ2v) is 10.5. The third-order valence-corrected chi connectivity index (χ3v) is 7.89. The normalized spacial score (nSPS) is 14.0. The highest BCUT2D eigenvalue weighted by atomic mass is 16.5. The minimum atomic E-state index is -0.108. The van der Waals surface area contributed by atoms with Gasteiger partial charge in [-0.25, -0.2) is 0 Å². The molecule has 0 radical (unpaired) electrons. The van der Waals surface area contributed by atoms with Gasteiger partial charge in [-0.15, -0.1) is 10.2 Å². The van der Waals surface area contributed by atoms with E-state index in [0.717, 1.165) is 49.6 Å². The molecule has 0 unspecified atom stereocenters. The molecule has 42 heavy (non-hydrogen) atoms. The van der Waals surface area contributed by atoms with E-state index in [1.807, 2.05) is 71.1 Å². The number of rotatable bonds is 10. The molecule has 1 aliphatic rings. The van der Waals surface area contributed by atoms with E-state index < -0.39 is 0 Å². The number of carbonyl (C=O) groups excluding carboxylic acids is 1. The molecule has 1 aliphatic heterocycles. The van der Waals surface area contributed by atoms with E-state index in [1.54, 1.807) is 11.7 Å². The number of aromatic nitrogens is 4. The zero-order chi connectivity index (χ0) is 28.9. The average Bonchev–Trinajstić information content (AvgIpc) is 3.47. The molecule has 1 fully saturated rings. The van der Waals surface area contributed by atoms with Gasteiger partial charge in [0.2, 0.25) is 11.7 Å². The summed E-state index contributed by atoms with van der Waals surface area (Å²) < 4.78 is 8.83. The van der Waals surface area contributed by atoms with Gasteiger partial charge >= 0.3 is 0 Å². The van der Waals surface area contributed by atoms with Crippen LogP contribution in [0.25, 0.3) is 16.7 Å². The second kappa shape index (κ2) is 12.4. The lowest BCUT2D eigenvalue weighted by Gasteiger charge is -2.36. The number of benzene rings is 3. The van der Waals surface area contributed by atoms with Crippen molar-refractivity contribution in [1.29, 1.82) is 0 Å². The molecular weight excluding hydrogens is 530 g/mol. The van der Waals surface area contributed by atoms with Gasteiger partial charge in [-0.3, -0.25) is 23.5 Å². The summed E-state index contributed by atoms with van der Waals surface area (Å²) in [4.78, 5) is 30.9. The number of aryl methyl sites for hydroxylation is 1. The van der Waals surface area contributed by atoms with Crippen LogP contribution >= 0.6 is 0 Å². The maximum atomic E-state index is 13.4. The van der Waals surface area contributed by atoms with Crippen molar-refractivity contribution < 1.29 is 9.53 Å². The van der Waals surface area contributed by atoms with Gasteiger partial charge in [0.1, 0.15) is 11.6 Å². The molecule has 1 N–H and O–H groups in total. The minimum Gasteiger partial charge on any atom is -0.497 e. The molecular formula is C32H35N7O3. The van der Waals surface area contributed by atoms with Crippen molar-refractivity contribution in [1.82, 2.24) is 29.4 Å². The Morgan fingerprint density at radius 1 is 0.905 bits per heavy atom. The van der Waals surface area contributed by atoms with Gasteiger partial charge in [0, 0.05) is 57.8 Å². The summed E-state index contributed by atoms with van der Waals surface area (Å²) in [6, 6.07) is 25.5. The van der Waals surface area contributed by atoms with E-state index in [1.165, 1.54) is 5.69 Å². The smallest absolute Gasteiger partial charge is 0.263 e. The summed E-state index contributed by atoms with van der Waals surface area (Å²) in [5.74, 6) is 1.98. The molecule has 0 aliphatic carbocycles. The Morgan fingerprint density at radius 3 is 2.40 bits per heavy atom. The SMILES string of the molecule is COc1ccc(N2CCN(CCNC(=O)CCc3nnc4n(Cc5ccccc5)c(=O)c5ccccc5n34)CC2)cc1. The van der Waals surface area contributed by atoms with Crippen LogP contribution in [0.3, 0.4) is 0 Å². The van der Waals surface area contributed by atoms with Gasteiger partial charge in [-0.2, -0.15) is 0 Å². The Bertz CT molecular complexity index is 1720. The molecule has 0 saturated carbocycles. The van der Waals surface area contributed by atoms with Gasteiger partial charge in [0.25, 0.3) is 5.56 Å². The number of piperazine rings is 1. The second-order valence-electron chi connectivity index (χ2n) is 10.5. The first-order valence-electron chi connectivity index (χ1n) is 14.4. The zero-order valence-electron chi connectivity index (χ0n) is 23.8. The number of nitrogens with zero attached hydrogens (tertiary/aromatic N) is 6. The Kier molecular flexibility index (Phi) is 8.14. The number of hydrogen-bond acceptors (Lipinski definition) is 7. The fraction of sp³-hybridized carbons (Fsp3) is 0.312. The quantitative estimate of drug-likeness (QED) is 0.278. The topological polar surface area (TPSA) is 97.0 Å². The van der Waals surface area contributed by atoms with Crippen LogP contribution in [-0.4, -0.2) is 76.4 Å². The lowest BCUT2D eigenvalue weighted by molar-refractivity contribution is -0.121. The van der Waals surface area contributed by atoms with E-state index in [9.17, 15) is 9.59 Å². The highest BCUT2D eigenvalue weighted by molar-refractivity contribution is 5.80. The van der Waals surface area contributed by atoms with Gasteiger partial charge in [0.15, 0.2) is 0 Å². The summed E-state index contributed by atoms with van der Waals surface area (Å²) in [6.07, 6.45) is 0.708. The van der Waals surface area contributed by atoms with Crippen molar-refractivity contribution in [2.75, 3.05) is 51.3 Å². The number of fused-ring (bicyclic) bond motifs is 3. The molecule has 10 nitrogen and oxygen atoms in total. The van der Waals surface area contributed by atoms with Crippen LogP contribution in [0, 0.1) is 0 Å². The van der Waals surface area contributed by atoms with E-state index >= 15 is 0 Å². The first-order chi connectivity index (χ1) is 20.6.